The summed E-state index contributed by atoms with van der Waals surface area (Å²) in [7, 11) is -14.7. The quantitative estimate of drug-likeness (QED) is 0.250. The second-order valence-electron chi connectivity index (χ2n) is 6.51. The zero-order valence-corrected chi connectivity index (χ0v) is 17.9. The maximum atomic E-state index is 11.9. The highest BCUT2D eigenvalue weighted by molar-refractivity contribution is 7.87. The van der Waals surface area contributed by atoms with Gasteiger partial charge in [0.15, 0.2) is 0 Å². The SMILES string of the molecule is Nc1cccc(CNc2cc(S(=O)(=O)O)cc3cc(S(=O)(=O)O)cc(S(=O)(=O)O)c23)c1. The molecule has 11 nitrogen and oxygen atoms in total. The number of hydrogen-bond acceptors (Lipinski definition) is 8. The number of nitrogens with two attached hydrogens (primary N) is 1. The number of hydrogen-bond donors (Lipinski definition) is 5. The summed E-state index contributed by atoms with van der Waals surface area (Å²) in [6.45, 7) is 0.0278. The zero-order valence-electron chi connectivity index (χ0n) is 15.4. The van der Waals surface area contributed by atoms with Crippen LogP contribution in [0.2, 0.25) is 0 Å². The van der Waals surface area contributed by atoms with E-state index in [1.807, 2.05) is 0 Å². The normalized spacial score (nSPS) is 12.7. The lowest BCUT2D eigenvalue weighted by Gasteiger charge is -2.15. The van der Waals surface area contributed by atoms with Gasteiger partial charge in [-0.1, -0.05) is 12.1 Å². The van der Waals surface area contributed by atoms with E-state index in [-0.39, 0.29) is 23.0 Å². The molecule has 0 aromatic heterocycles. The van der Waals surface area contributed by atoms with E-state index in [4.69, 9.17) is 5.73 Å². The van der Waals surface area contributed by atoms with Crippen LogP contribution in [0.5, 0.6) is 0 Å². The van der Waals surface area contributed by atoms with Crippen LogP contribution in [0, 0.1) is 0 Å². The molecule has 0 aliphatic rings. The Kier molecular flexibility index (Phi) is 5.72. The highest BCUT2D eigenvalue weighted by Crippen LogP contribution is 2.35. The minimum Gasteiger partial charge on any atom is -0.399 e. The van der Waals surface area contributed by atoms with Gasteiger partial charge in [-0.05, 0) is 47.3 Å². The van der Waals surface area contributed by atoms with Gasteiger partial charge in [-0.25, -0.2) is 0 Å². The zero-order chi connectivity index (χ0) is 23.2. The standard InChI is InChI=1S/C17H16N2O9S3/c18-12-3-1-2-10(4-12)9-19-15-7-13(29(20,21)22)5-11-6-14(30(23,24)25)8-16(17(11)15)31(26,27)28/h1-8,19H,9,18H2,(H,20,21,22)(H,23,24,25)(H,26,27,28). The third-order valence-electron chi connectivity index (χ3n) is 4.27. The predicted octanol–water partition coefficient (Wildman–Crippen LogP) is 1.77. The van der Waals surface area contributed by atoms with E-state index < -0.39 is 45.0 Å². The molecule has 0 atom stereocenters. The molecule has 0 heterocycles. The molecule has 3 aromatic carbocycles. The van der Waals surface area contributed by atoms with Crippen LogP contribution in [0.1, 0.15) is 5.56 Å². The molecule has 6 N–H and O–H groups in total. The van der Waals surface area contributed by atoms with Gasteiger partial charge in [0.2, 0.25) is 0 Å². The molecule has 14 heteroatoms. The van der Waals surface area contributed by atoms with Gasteiger partial charge in [0.05, 0.1) is 9.79 Å². The average molecular weight is 489 g/mol. The first kappa shape index (κ1) is 22.9. The van der Waals surface area contributed by atoms with E-state index in [9.17, 15) is 38.9 Å². The highest BCUT2D eigenvalue weighted by Gasteiger charge is 2.24. The molecule has 31 heavy (non-hydrogen) atoms. The third kappa shape index (κ3) is 5.12. The van der Waals surface area contributed by atoms with Crippen molar-refractivity contribution in [3.63, 3.8) is 0 Å². The second-order valence-corrected chi connectivity index (χ2v) is 10.7. The monoisotopic (exact) mass is 488 g/mol. The van der Waals surface area contributed by atoms with Crippen molar-refractivity contribution in [2.75, 3.05) is 11.1 Å². The molecule has 0 unspecified atom stereocenters. The minimum absolute atomic E-state index is 0.0278. The van der Waals surface area contributed by atoms with Crippen molar-refractivity contribution in [2.24, 2.45) is 0 Å². The summed E-state index contributed by atoms with van der Waals surface area (Å²) in [6, 6.07) is 9.63. The fourth-order valence-electron chi connectivity index (χ4n) is 2.96. The van der Waals surface area contributed by atoms with Crippen molar-refractivity contribution in [1.29, 1.82) is 0 Å². The van der Waals surface area contributed by atoms with Crippen LogP contribution in [0.4, 0.5) is 11.4 Å². The molecule has 0 saturated heterocycles. The van der Waals surface area contributed by atoms with Crippen molar-refractivity contribution in [3.8, 4) is 0 Å². The number of benzene rings is 3. The van der Waals surface area contributed by atoms with E-state index in [1.54, 1.807) is 24.3 Å². The maximum absolute atomic E-state index is 11.9. The summed E-state index contributed by atoms with van der Waals surface area (Å²) < 4.78 is 98.8. The van der Waals surface area contributed by atoms with Crippen LogP contribution in [0.15, 0.2) is 63.2 Å². The van der Waals surface area contributed by atoms with Crippen LogP contribution in [0.3, 0.4) is 0 Å². The van der Waals surface area contributed by atoms with E-state index in [0.717, 1.165) is 18.2 Å². The molecule has 0 radical (unpaired) electrons. The van der Waals surface area contributed by atoms with Gasteiger partial charge in [-0.2, -0.15) is 25.3 Å². The third-order valence-corrected chi connectivity index (χ3v) is 6.81. The Hall–Kier alpha value is -2.75. The highest BCUT2D eigenvalue weighted by atomic mass is 32.2. The number of fused-ring (bicyclic) bond motifs is 1. The molecule has 0 bridgehead atoms. The Morgan fingerprint density at radius 1 is 0.774 bits per heavy atom. The van der Waals surface area contributed by atoms with Crippen LogP contribution in [-0.4, -0.2) is 38.9 Å². The fraction of sp³-hybridized carbons (Fsp3) is 0.0588. The first-order valence-electron chi connectivity index (χ1n) is 8.29. The summed E-state index contributed by atoms with van der Waals surface area (Å²) in [5, 5.41) is 2.24. The summed E-state index contributed by atoms with van der Waals surface area (Å²) >= 11 is 0. The summed E-state index contributed by atoms with van der Waals surface area (Å²) in [6.07, 6.45) is 0. The smallest absolute Gasteiger partial charge is 0.295 e. The fourth-order valence-corrected chi connectivity index (χ4v) is 4.88. The second kappa shape index (κ2) is 7.74. The van der Waals surface area contributed by atoms with E-state index >= 15 is 0 Å². The van der Waals surface area contributed by atoms with Gasteiger partial charge >= 0.3 is 0 Å². The van der Waals surface area contributed by atoms with Crippen molar-refractivity contribution >= 4 is 52.5 Å². The van der Waals surface area contributed by atoms with Crippen molar-refractivity contribution in [3.05, 3.63) is 54.1 Å². The topological polar surface area (TPSA) is 201 Å². The number of anilines is 2. The maximum Gasteiger partial charge on any atom is 0.295 e. The molecule has 0 amide bonds. The molecule has 0 spiro atoms. The molecule has 3 aromatic rings. The lowest BCUT2D eigenvalue weighted by molar-refractivity contribution is 0.480. The van der Waals surface area contributed by atoms with Gasteiger partial charge in [-0.3, -0.25) is 13.7 Å². The average Bonchev–Trinajstić information content (AvgIpc) is 2.62. The van der Waals surface area contributed by atoms with Gasteiger partial charge in [0.25, 0.3) is 30.4 Å². The molecular formula is C17H16N2O9S3. The Bertz CT molecular complexity index is 1510. The Morgan fingerprint density at radius 2 is 1.35 bits per heavy atom. The van der Waals surface area contributed by atoms with Crippen LogP contribution in [0.25, 0.3) is 10.8 Å². The van der Waals surface area contributed by atoms with Crippen molar-refractivity contribution < 1.29 is 38.9 Å². The van der Waals surface area contributed by atoms with Gasteiger partial charge in [-0.15, -0.1) is 0 Å². The first-order chi connectivity index (χ1) is 14.2. The van der Waals surface area contributed by atoms with Crippen LogP contribution < -0.4 is 11.1 Å². The number of nitrogens with one attached hydrogen (secondary N) is 1. The molecule has 0 saturated carbocycles. The van der Waals surface area contributed by atoms with E-state index in [1.165, 1.54) is 0 Å². The first-order valence-corrected chi connectivity index (χ1v) is 12.6. The van der Waals surface area contributed by atoms with Crippen LogP contribution >= 0.6 is 0 Å². The number of nitrogen functional groups attached to an aromatic ring is 1. The summed E-state index contributed by atoms with van der Waals surface area (Å²) in [5.74, 6) is 0. The lowest BCUT2D eigenvalue weighted by Crippen LogP contribution is -2.08. The number of rotatable bonds is 6. The lowest BCUT2D eigenvalue weighted by atomic mass is 10.1. The van der Waals surface area contributed by atoms with Crippen molar-refractivity contribution in [2.45, 2.75) is 21.2 Å². The van der Waals surface area contributed by atoms with Gasteiger partial charge in [0.1, 0.15) is 4.90 Å². The van der Waals surface area contributed by atoms with Crippen LogP contribution in [-0.2, 0) is 36.9 Å². The largest absolute Gasteiger partial charge is 0.399 e. The molecular weight excluding hydrogens is 472 g/mol. The molecule has 0 aliphatic carbocycles. The Morgan fingerprint density at radius 3 is 1.87 bits per heavy atom. The molecule has 166 valence electrons. The molecule has 3 rings (SSSR count). The van der Waals surface area contributed by atoms with Gasteiger partial charge in [0, 0.05) is 23.3 Å². The van der Waals surface area contributed by atoms with Gasteiger partial charge < -0.3 is 11.1 Å². The summed E-state index contributed by atoms with van der Waals surface area (Å²) in [5.41, 5.74) is 6.62. The Labute approximate surface area is 177 Å². The predicted molar refractivity (Wildman–Crippen MR) is 112 cm³/mol. The molecule has 0 aliphatic heterocycles. The minimum atomic E-state index is -5.02. The Balaban J connectivity index is 2.35. The van der Waals surface area contributed by atoms with E-state index in [0.29, 0.717) is 17.3 Å². The van der Waals surface area contributed by atoms with Crippen molar-refractivity contribution in [1.82, 2.24) is 0 Å². The summed E-state index contributed by atoms with van der Waals surface area (Å²) in [4.78, 5) is -2.47. The molecule has 0 fully saturated rings. The van der Waals surface area contributed by atoms with E-state index in [2.05, 4.69) is 5.32 Å².